The highest BCUT2D eigenvalue weighted by Crippen LogP contribution is 2.24. The third-order valence-corrected chi connectivity index (χ3v) is 4.61. The maximum absolute atomic E-state index is 12.0. The molecule has 1 N–H and O–H groups in total. The Balaban J connectivity index is 1.96. The molecule has 148 valence electrons. The van der Waals surface area contributed by atoms with Gasteiger partial charge in [0.15, 0.2) is 0 Å². The summed E-state index contributed by atoms with van der Waals surface area (Å²) in [5.74, 6) is 0.748. The standard InChI is InChI=1S/C20H39NO4/c1-20(2,3)25-19(23)21-13-11-18(12-14-21)10-6-4-8-16-24-17-9-5-7-15-22/h18,22H,4-17H2,1-3H3. The molecule has 0 atom stereocenters. The molecule has 0 unspecified atom stereocenters. The van der Waals surface area contributed by atoms with Gasteiger partial charge >= 0.3 is 6.09 Å². The Morgan fingerprint density at radius 1 is 1.00 bits per heavy atom. The summed E-state index contributed by atoms with van der Waals surface area (Å²) < 4.78 is 11.1. The molecule has 5 nitrogen and oxygen atoms in total. The SMILES string of the molecule is CC(C)(C)OC(=O)N1CCC(CCCCCOCCCCCO)CC1. The number of unbranched alkanes of at least 4 members (excludes halogenated alkanes) is 4. The van der Waals surface area contributed by atoms with Crippen molar-refractivity contribution in [2.45, 2.75) is 84.2 Å². The van der Waals surface area contributed by atoms with E-state index in [1.807, 2.05) is 25.7 Å². The molecule has 0 radical (unpaired) electrons. The van der Waals surface area contributed by atoms with Crippen molar-refractivity contribution in [1.82, 2.24) is 4.90 Å². The summed E-state index contributed by atoms with van der Waals surface area (Å²) in [5.41, 5.74) is -0.408. The lowest BCUT2D eigenvalue weighted by Crippen LogP contribution is -2.41. The Morgan fingerprint density at radius 2 is 1.60 bits per heavy atom. The minimum absolute atomic E-state index is 0.165. The van der Waals surface area contributed by atoms with Gasteiger partial charge in [0.05, 0.1) is 0 Å². The van der Waals surface area contributed by atoms with E-state index in [0.717, 1.165) is 70.7 Å². The Hall–Kier alpha value is -0.810. The molecular formula is C20H39NO4. The van der Waals surface area contributed by atoms with Crippen LogP contribution in [-0.4, -0.2) is 54.6 Å². The molecule has 5 heteroatoms. The van der Waals surface area contributed by atoms with E-state index in [-0.39, 0.29) is 12.7 Å². The molecule has 1 aliphatic rings. The fourth-order valence-electron chi connectivity index (χ4n) is 3.14. The van der Waals surface area contributed by atoms with Gasteiger partial charge in [-0.15, -0.1) is 0 Å². The number of hydrogen-bond donors (Lipinski definition) is 1. The average molecular weight is 358 g/mol. The van der Waals surface area contributed by atoms with Crippen molar-refractivity contribution in [2.75, 3.05) is 32.9 Å². The lowest BCUT2D eigenvalue weighted by Gasteiger charge is -2.33. The van der Waals surface area contributed by atoms with E-state index in [9.17, 15) is 4.79 Å². The second kappa shape index (κ2) is 12.5. The van der Waals surface area contributed by atoms with Crippen molar-refractivity contribution in [1.29, 1.82) is 0 Å². The fourth-order valence-corrected chi connectivity index (χ4v) is 3.14. The molecule has 1 amide bonds. The van der Waals surface area contributed by atoms with Gasteiger partial charge in [0.2, 0.25) is 0 Å². The number of aliphatic hydroxyl groups excluding tert-OH is 1. The molecule has 1 saturated heterocycles. The second-order valence-corrected chi connectivity index (χ2v) is 8.16. The van der Waals surface area contributed by atoms with Gasteiger partial charge in [0.1, 0.15) is 5.60 Å². The molecule has 1 fully saturated rings. The first-order chi connectivity index (χ1) is 11.9. The molecule has 0 spiro atoms. The molecule has 1 aliphatic heterocycles. The van der Waals surface area contributed by atoms with Crippen LogP contribution in [0.1, 0.15) is 78.6 Å². The van der Waals surface area contributed by atoms with E-state index in [2.05, 4.69) is 0 Å². The molecular weight excluding hydrogens is 318 g/mol. The average Bonchev–Trinajstić information content (AvgIpc) is 2.55. The number of piperidine rings is 1. The highest BCUT2D eigenvalue weighted by Gasteiger charge is 2.26. The van der Waals surface area contributed by atoms with Gasteiger partial charge < -0.3 is 19.5 Å². The van der Waals surface area contributed by atoms with E-state index in [1.54, 1.807) is 0 Å². The van der Waals surface area contributed by atoms with Crippen LogP contribution in [0.4, 0.5) is 4.79 Å². The van der Waals surface area contributed by atoms with Crippen LogP contribution in [0.15, 0.2) is 0 Å². The molecule has 0 aromatic rings. The van der Waals surface area contributed by atoms with Crippen molar-refractivity contribution in [3.63, 3.8) is 0 Å². The Labute approximate surface area is 154 Å². The van der Waals surface area contributed by atoms with E-state index < -0.39 is 5.60 Å². The topological polar surface area (TPSA) is 59.0 Å². The molecule has 0 aromatic heterocycles. The van der Waals surface area contributed by atoms with Crippen LogP contribution < -0.4 is 0 Å². The summed E-state index contributed by atoms with van der Waals surface area (Å²) in [7, 11) is 0. The van der Waals surface area contributed by atoms with Crippen molar-refractivity contribution in [3.05, 3.63) is 0 Å². The molecule has 1 heterocycles. The summed E-state index contributed by atoms with van der Waals surface area (Å²) in [6.07, 6.45) is 9.90. The van der Waals surface area contributed by atoms with Crippen molar-refractivity contribution >= 4 is 6.09 Å². The number of rotatable bonds is 11. The predicted molar refractivity (Wildman–Crippen MR) is 101 cm³/mol. The number of ether oxygens (including phenoxy) is 2. The summed E-state index contributed by atoms with van der Waals surface area (Å²) in [6.45, 7) is 9.37. The van der Waals surface area contributed by atoms with E-state index >= 15 is 0 Å². The summed E-state index contributed by atoms with van der Waals surface area (Å²) in [4.78, 5) is 13.9. The summed E-state index contributed by atoms with van der Waals surface area (Å²) in [6, 6.07) is 0. The van der Waals surface area contributed by atoms with E-state index in [4.69, 9.17) is 14.6 Å². The molecule has 25 heavy (non-hydrogen) atoms. The number of likely N-dealkylation sites (tertiary alicyclic amines) is 1. The highest BCUT2D eigenvalue weighted by molar-refractivity contribution is 5.68. The number of hydrogen-bond acceptors (Lipinski definition) is 4. The van der Waals surface area contributed by atoms with Crippen LogP contribution in [0.2, 0.25) is 0 Å². The molecule has 0 aromatic carbocycles. The van der Waals surface area contributed by atoms with Crippen molar-refractivity contribution in [3.8, 4) is 0 Å². The lowest BCUT2D eigenvalue weighted by molar-refractivity contribution is 0.0180. The molecule has 0 saturated carbocycles. The molecule has 0 bridgehead atoms. The number of nitrogens with zero attached hydrogens (tertiary/aromatic N) is 1. The van der Waals surface area contributed by atoms with Crippen LogP contribution >= 0.6 is 0 Å². The van der Waals surface area contributed by atoms with Crippen LogP contribution in [0.3, 0.4) is 0 Å². The van der Waals surface area contributed by atoms with E-state index in [1.165, 1.54) is 19.3 Å². The van der Waals surface area contributed by atoms with Crippen molar-refractivity contribution in [2.24, 2.45) is 5.92 Å². The van der Waals surface area contributed by atoms with Gasteiger partial charge in [0.25, 0.3) is 0 Å². The van der Waals surface area contributed by atoms with Gasteiger partial charge in [-0.25, -0.2) is 4.79 Å². The zero-order valence-corrected chi connectivity index (χ0v) is 16.6. The van der Waals surface area contributed by atoms with Gasteiger partial charge in [-0.2, -0.15) is 0 Å². The van der Waals surface area contributed by atoms with Crippen LogP contribution in [-0.2, 0) is 9.47 Å². The second-order valence-electron chi connectivity index (χ2n) is 8.16. The third-order valence-electron chi connectivity index (χ3n) is 4.61. The first-order valence-corrected chi connectivity index (χ1v) is 10.1. The minimum atomic E-state index is -0.408. The van der Waals surface area contributed by atoms with Crippen LogP contribution in [0.5, 0.6) is 0 Å². The summed E-state index contributed by atoms with van der Waals surface area (Å²) >= 11 is 0. The summed E-state index contributed by atoms with van der Waals surface area (Å²) in [5, 5.41) is 8.69. The number of aliphatic hydroxyl groups is 1. The Bertz CT molecular complexity index is 346. The van der Waals surface area contributed by atoms with Crippen LogP contribution in [0, 0.1) is 5.92 Å². The normalized spacial score (nSPS) is 16.2. The van der Waals surface area contributed by atoms with Crippen LogP contribution in [0.25, 0.3) is 0 Å². The van der Waals surface area contributed by atoms with Gasteiger partial charge in [0, 0.05) is 32.9 Å². The minimum Gasteiger partial charge on any atom is -0.444 e. The van der Waals surface area contributed by atoms with Gasteiger partial charge in [-0.05, 0) is 65.2 Å². The first-order valence-electron chi connectivity index (χ1n) is 10.1. The zero-order valence-electron chi connectivity index (χ0n) is 16.6. The predicted octanol–water partition coefficient (Wildman–Crippen LogP) is 4.37. The third kappa shape index (κ3) is 11.4. The zero-order chi connectivity index (χ0) is 18.5. The lowest BCUT2D eigenvalue weighted by atomic mass is 9.91. The molecule has 1 rings (SSSR count). The molecule has 0 aliphatic carbocycles. The smallest absolute Gasteiger partial charge is 0.410 e. The first kappa shape index (κ1) is 22.2. The Morgan fingerprint density at radius 3 is 2.16 bits per heavy atom. The maximum Gasteiger partial charge on any atom is 0.410 e. The van der Waals surface area contributed by atoms with E-state index in [0.29, 0.717) is 0 Å². The fraction of sp³-hybridized carbons (Fsp3) is 0.950. The quantitative estimate of drug-likeness (QED) is 0.558. The number of amides is 1. The maximum atomic E-state index is 12.0. The van der Waals surface area contributed by atoms with Crippen molar-refractivity contribution < 1.29 is 19.4 Å². The highest BCUT2D eigenvalue weighted by atomic mass is 16.6. The van der Waals surface area contributed by atoms with Gasteiger partial charge in [-0.3, -0.25) is 0 Å². The number of carbonyl (C=O) groups is 1. The largest absolute Gasteiger partial charge is 0.444 e. The van der Waals surface area contributed by atoms with Gasteiger partial charge in [-0.1, -0.05) is 19.3 Å². The monoisotopic (exact) mass is 357 g/mol. The number of carbonyl (C=O) groups excluding carboxylic acids is 1. The Kier molecular flexibility index (Phi) is 11.1.